The van der Waals surface area contributed by atoms with Crippen molar-refractivity contribution >= 4 is 28.4 Å². The van der Waals surface area contributed by atoms with Crippen molar-refractivity contribution in [2.75, 3.05) is 5.73 Å². The number of hydrogen-bond acceptors (Lipinski definition) is 3. The first kappa shape index (κ1) is 10.9. The molecule has 4 N–H and O–H groups in total. The van der Waals surface area contributed by atoms with E-state index in [1.165, 1.54) is 24.3 Å². The average molecular weight is 231 g/mol. The fourth-order valence-corrected chi connectivity index (χ4v) is 1.67. The molecule has 0 aromatic heterocycles. The van der Waals surface area contributed by atoms with Crippen molar-refractivity contribution in [3.05, 3.63) is 41.5 Å². The van der Waals surface area contributed by atoms with Crippen molar-refractivity contribution in [1.82, 2.24) is 0 Å². The SMILES string of the molecule is Nc1c(C(=O)O)ccc2cc(C(=O)O)ccc12. The van der Waals surface area contributed by atoms with Gasteiger partial charge in [0, 0.05) is 5.39 Å². The van der Waals surface area contributed by atoms with E-state index in [2.05, 4.69) is 0 Å². The van der Waals surface area contributed by atoms with Crippen molar-refractivity contribution in [3.63, 3.8) is 0 Å². The van der Waals surface area contributed by atoms with Crippen LogP contribution in [-0.4, -0.2) is 22.2 Å². The molecular weight excluding hydrogens is 222 g/mol. The second kappa shape index (κ2) is 3.79. The molecule has 5 nitrogen and oxygen atoms in total. The van der Waals surface area contributed by atoms with Gasteiger partial charge in [0.2, 0.25) is 0 Å². The highest BCUT2D eigenvalue weighted by atomic mass is 16.4. The lowest BCUT2D eigenvalue weighted by molar-refractivity contribution is 0.0686. The summed E-state index contributed by atoms with van der Waals surface area (Å²) in [6.07, 6.45) is 0. The first-order valence-electron chi connectivity index (χ1n) is 4.79. The molecule has 0 radical (unpaired) electrons. The fourth-order valence-electron chi connectivity index (χ4n) is 1.67. The first-order chi connectivity index (χ1) is 8.00. The quantitative estimate of drug-likeness (QED) is 0.684. The molecule has 0 spiro atoms. The van der Waals surface area contributed by atoms with E-state index >= 15 is 0 Å². The average Bonchev–Trinajstić information content (AvgIpc) is 2.28. The van der Waals surface area contributed by atoms with Crippen molar-refractivity contribution in [2.24, 2.45) is 0 Å². The number of carboxylic acid groups (broad SMARTS) is 2. The van der Waals surface area contributed by atoms with E-state index in [9.17, 15) is 9.59 Å². The summed E-state index contributed by atoms with van der Waals surface area (Å²) in [7, 11) is 0. The van der Waals surface area contributed by atoms with Gasteiger partial charge < -0.3 is 15.9 Å². The molecule has 5 heteroatoms. The minimum absolute atomic E-state index is 0.0144. The van der Waals surface area contributed by atoms with E-state index in [0.29, 0.717) is 10.8 Å². The summed E-state index contributed by atoms with van der Waals surface area (Å²) < 4.78 is 0. The van der Waals surface area contributed by atoms with E-state index in [0.717, 1.165) is 0 Å². The highest BCUT2D eigenvalue weighted by Crippen LogP contribution is 2.25. The van der Waals surface area contributed by atoms with E-state index in [4.69, 9.17) is 15.9 Å². The van der Waals surface area contributed by atoms with Crippen LogP contribution in [0.4, 0.5) is 5.69 Å². The van der Waals surface area contributed by atoms with Gasteiger partial charge in [-0.05, 0) is 23.6 Å². The molecule has 0 heterocycles. The third-order valence-corrected chi connectivity index (χ3v) is 2.54. The lowest BCUT2D eigenvalue weighted by atomic mass is 10.0. The zero-order valence-electron chi connectivity index (χ0n) is 8.68. The fraction of sp³-hybridized carbons (Fsp3) is 0. The Hall–Kier alpha value is -2.56. The van der Waals surface area contributed by atoms with Gasteiger partial charge in [0.15, 0.2) is 0 Å². The summed E-state index contributed by atoms with van der Waals surface area (Å²) >= 11 is 0. The van der Waals surface area contributed by atoms with Crippen molar-refractivity contribution < 1.29 is 19.8 Å². The Balaban J connectivity index is 2.72. The van der Waals surface area contributed by atoms with Crippen molar-refractivity contribution in [3.8, 4) is 0 Å². The monoisotopic (exact) mass is 231 g/mol. The number of fused-ring (bicyclic) bond motifs is 1. The minimum atomic E-state index is -1.10. The summed E-state index contributed by atoms with van der Waals surface area (Å²) in [6, 6.07) is 7.28. The van der Waals surface area contributed by atoms with Crippen LogP contribution in [0.25, 0.3) is 10.8 Å². The van der Waals surface area contributed by atoms with Crippen LogP contribution in [0.15, 0.2) is 30.3 Å². The molecule has 0 aliphatic rings. The Kier molecular flexibility index (Phi) is 2.44. The number of carbonyl (C=O) groups is 2. The standard InChI is InChI=1S/C12H9NO4/c13-10-8-3-2-7(11(14)15)5-6(8)1-4-9(10)12(16)17/h1-5H,13H2,(H,14,15)(H,16,17). The van der Waals surface area contributed by atoms with E-state index in [1.54, 1.807) is 6.07 Å². The van der Waals surface area contributed by atoms with Gasteiger partial charge in [-0.1, -0.05) is 12.1 Å². The van der Waals surface area contributed by atoms with Gasteiger partial charge in [-0.15, -0.1) is 0 Å². The van der Waals surface area contributed by atoms with Crippen LogP contribution >= 0.6 is 0 Å². The minimum Gasteiger partial charge on any atom is -0.478 e. The molecule has 0 amide bonds. The van der Waals surface area contributed by atoms with E-state index < -0.39 is 11.9 Å². The predicted molar refractivity (Wildman–Crippen MR) is 62.3 cm³/mol. The third-order valence-electron chi connectivity index (χ3n) is 2.54. The Bertz CT molecular complexity index is 634. The van der Waals surface area contributed by atoms with Crippen LogP contribution in [0, 0.1) is 0 Å². The van der Waals surface area contributed by atoms with Gasteiger partial charge in [0.1, 0.15) is 0 Å². The zero-order valence-corrected chi connectivity index (χ0v) is 8.68. The number of benzene rings is 2. The lowest BCUT2D eigenvalue weighted by Gasteiger charge is -2.06. The molecule has 86 valence electrons. The molecule has 0 aliphatic carbocycles. The first-order valence-corrected chi connectivity index (χ1v) is 4.79. The molecular formula is C12H9NO4. The number of hydrogen-bond donors (Lipinski definition) is 3. The van der Waals surface area contributed by atoms with Gasteiger partial charge in [-0.2, -0.15) is 0 Å². The summed E-state index contributed by atoms with van der Waals surface area (Å²) in [5.41, 5.74) is 6.02. The summed E-state index contributed by atoms with van der Waals surface area (Å²) in [5.74, 6) is -2.14. The van der Waals surface area contributed by atoms with Crippen LogP contribution in [0.5, 0.6) is 0 Å². The predicted octanol–water partition coefficient (Wildman–Crippen LogP) is 1.82. The largest absolute Gasteiger partial charge is 0.478 e. The number of aromatic carboxylic acids is 2. The summed E-state index contributed by atoms with van der Waals surface area (Å²) in [6.45, 7) is 0. The Morgan fingerprint density at radius 1 is 1.00 bits per heavy atom. The number of carboxylic acids is 2. The topological polar surface area (TPSA) is 101 Å². The number of anilines is 1. The van der Waals surface area contributed by atoms with Crippen LogP contribution in [0.3, 0.4) is 0 Å². The smallest absolute Gasteiger partial charge is 0.337 e. The molecule has 0 saturated carbocycles. The highest BCUT2D eigenvalue weighted by Gasteiger charge is 2.12. The second-order valence-corrected chi connectivity index (χ2v) is 3.57. The van der Waals surface area contributed by atoms with E-state index in [1.807, 2.05) is 0 Å². The van der Waals surface area contributed by atoms with Crippen LogP contribution in [0.1, 0.15) is 20.7 Å². The zero-order chi connectivity index (χ0) is 12.6. The maximum absolute atomic E-state index is 10.9. The van der Waals surface area contributed by atoms with Crippen LogP contribution < -0.4 is 5.73 Å². The Morgan fingerprint density at radius 3 is 2.29 bits per heavy atom. The molecule has 0 fully saturated rings. The Morgan fingerprint density at radius 2 is 1.71 bits per heavy atom. The highest BCUT2D eigenvalue weighted by molar-refractivity contribution is 6.06. The number of rotatable bonds is 2. The van der Waals surface area contributed by atoms with Crippen molar-refractivity contribution in [2.45, 2.75) is 0 Å². The van der Waals surface area contributed by atoms with E-state index in [-0.39, 0.29) is 16.8 Å². The molecule has 2 aromatic rings. The molecule has 2 rings (SSSR count). The van der Waals surface area contributed by atoms with Gasteiger partial charge >= 0.3 is 11.9 Å². The summed E-state index contributed by atoms with van der Waals surface area (Å²) in [4.78, 5) is 21.6. The molecule has 17 heavy (non-hydrogen) atoms. The molecule has 0 bridgehead atoms. The van der Waals surface area contributed by atoms with Crippen LogP contribution in [0.2, 0.25) is 0 Å². The molecule has 0 atom stereocenters. The second-order valence-electron chi connectivity index (χ2n) is 3.57. The van der Waals surface area contributed by atoms with Gasteiger partial charge in [-0.25, -0.2) is 9.59 Å². The van der Waals surface area contributed by atoms with Crippen molar-refractivity contribution in [1.29, 1.82) is 0 Å². The normalized spacial score (nSPS) is 10.4. The molecule has 0 aliphatic heterocycles. The number of nitrogens with two attached hydrogens (primary N) is 1. The molecule has 2 aromatic carbocycles. The summed E-state index contributed by atoms with van der Waals surface area (Å²) in [5, 5.41) is 18.9. The molecule has 0 unspecified atom stereocenters. The Labute approximate surface area is 96.1 Å². The van der Waals surface area contributed by atoms with Gasteiger partial charge in [-0.3, -0.25) is 0 Å². The number of nitrogen functional groups attached to an aromatic ring is 1. The molecule has 0 saturated heterocycles. The lowest BCUT2D eigenvalue weighted by Crippen LogP contribution is -2.03. The maximum Gasteiger partial charge on any atom is 0.337 e. The maximum atomic E-state index is 10.9. The van der Waals surface area contributed by atoms with Crippen LogP contribution in [-0.2, 0) is 0 Å². The van der Waals surface area contributed by atoms with Gasteiger partial charge in [0.05, 0.1) is 16.8 Å². The third kappa shape index (κ3) is 1.78. The van der Waals surface area contributed by atoms with Gasteiger partial charge in [0.25, 0.3) is 0 Å².